The first kappa shape index (κ1) is 23.0. The zero-order chi connectivity index (χ0) is 24.9. The summed E-state index contributed by atoms with van der Waals surface area (Å²) in [6, 6.07) is 5.61. The fraction of sp³-hybridized carbons (Fsp3) is 0.423. The van der Waals surface area contributed by atoms with Gasteiger partial charge in [0.1, 0.15) is 5.69 Å². The van der Waals surface area contributed by atoms with Crippen molar-refractivity contribution >= 4 is 5.97 Å². The highest BCUT2D eigenvalue weighted by Gasteiger charge is 2.32. The summed E-state index contributed by atoms with van der Waals surface area (Å²) in [5.41, 5.74) is 7.93. The number of aryl methyl sites for hydroxylation is 4. The number of carbonyl (C=O) groups is 1. The van der Waals surface area contributed by atoms with E-state index in [2.05, 4.69) is 36.2 Å². The smallest absolute Gasteiger partial charge is 0.354 e. The van der Waals surface area contributed by atoms with Gasteiger partial charge in [0.2, 0.25) is 5.82 Å². The molecule has 0 saturated carbocycles. The van der Waals surface area contributed by atoms with Crippen LogP contribution in [0.1, 0.15) is 58.7 Å². The lowest BCUT2D eigenvalue weighted by Gasteiger charge is -2.29. The fourth-order valence-corrected chi connectivity index (χ4v) is 5.13. The molecule has 182 valence electrons. The number of hydrogen-bond acceptors (Lipinski definition) is 6. The monoisotopic (exact) mass is 474 g/mol. The van der Waals surface area contributed by atoms with Crippen LogP contribution in [-0.2, 0) is 32.9 Å². The molecule has 35 heavy (non-hydrogen) atoms. The first-order valence-corrected chi connectivity index (χ1v) is 11.9. The van der Waals surface area contributed by atoms with Crippen molar-refractivity contribution < 1.29 is 14.4 Å². The summed E-state index contributed by atoms with van der Waals surface area (Å²) in [4.78, 5) is 16.1. The maximum Gasteiger partial charge on any atom is 0.354 e. The van der Waals surface area contributed by atoms with Crippen molar-refractivity contribution in [2.75, 3.05) is 0 Å². The van der Waals surface area contributed by atoms with Gasteiger partial charge in [-0.2, -0.15) is 15.2 Å². The molecule has 1 aliphatic rings. The third kappa shape index (κ3) is 4.26. The number of rotatable bonds is 6. The van der Waals surface area contributed by atoms with Gasteiger partial charge in [0.15, 0.2) is 5.69 Å². The van der Waals surface area contributed by atoms with Gasteiger partial charge in [0, 0.05) is 36.6 Å². The molecular weight excluding hydrogens is 444 g/mol. The lowest BCUT2D eigenvalue weighted by Crippen LogP contribution is -2.23. The second kappa shape index (κ2) is 8.48. The molecule has 1 aliphatic carbocycles. The van der Waals surface area contributed by atoms with Crippen molar-refractivity contribution in [1.29, 1.82) is 0 Å². The van der Waals surface area contributed by atoms with Crippen LogP contribution in [0, 0.1) is 19.3 Å². The van der Waals surface area contributed by atoms with Gasteiger partial charge in [-0.1, -0.05) is 19.0 Å². The quantitative estimate of drug-likeness (QED) is 0.441. The Morgan fingerprint density at radius 2 is 1.97 bits per heavy atom. The summed E-state index contributed by atoms with van der Waals surface area (Å²) in [7, 11) is 1.98. The third-order valence-corrected chi connectivity index (χ3v) is 7.06. The molecule has 0 atom stereocenters. The topological polar surface area (TPSA) is 112 Å². The molecule has 0 unspecified atom stereocenters. The zero-order valence-electron chi connectivity index (χ0n) is 20.8. The van der Waals surface area contributed by atoms with Gasteiger partial charge >= 0.3 is 5.97 Å². The lowest BCUT2D eigenvalue weighted by atomic mass is 9.76. The number of carboxylic acids is 1. The van der Waals surface area contributed by atoms with E-state index in [1.807, 2.05) is 25.6 Å². The second-order valence-corrected chi connectivity index (χ2v) is 10.2. The van der Waals surface area contributed by atoms with E-state index in [9.17, 15) is 9.90 Å². The number of aromatic carboxylic acids is 1. The molecule has 9 nitrogen and oxygen atoms in total. The molecule has 4 aromatic rings. The minimum Gasteiger partial charge on any atom is -0.477 e. The third-order valence-electron chi connectivity index (χ3n) is 7.06. The molecule has 5 rings (SSSR count). The van der Waals surface area contributed by atoms with Gasteiger partial charge in [0.05, 0.1) is 0 Å². The Bertz CT molecular complexity index is 1400. The Labute approximate surface area is 203 Å². The highest BCUT2D eigenvalue weighted by Crippen LogP contribution is 2.38. The van der Waals surface area contributed by atoms with E-state index < -0.39 is 5.97 Å². The van der Waals surface area contributed by atoms with Crippen LogP contribution in [0.2, 0.25) is 0 Å². The normalized spacial score (nSPS) is 14.8. The number of benzene rings is 1. The molecule has 0 aliphatic heterocycles. The maximum atomic E-state index is 11.4. The number of nitrogens with zero attached hydrogens (tertiary/aromatic N) is 6. The number of carboxylic acid groups (broad SMARTS) is 1. The molecular formula is C26H30N6O3. The summed E-state index contributed by atoms with van der Waals surface area (Å²) in [6.45, 7) is 9.17. The summed E-state index contributed by atoms with van der Waals surface area (Å²) >= 11 is 0. The lowest BCUT2D eigenvalue weighted by molar-refractivity contribution is 0.0683. The van der Waals surface area contributed by atoms with E-state index >= 15 is 0 Å². The minimum atomic E-state index is -0.975. The van der Waals surface area contributed by atoms with E-state index in [0.29, 0.717) is 24.7 Å². The average Bonchev–Trinajstić information content (AvgIpc) is 3.52. The molecule has 0 spiro atoms. The molecule has 3 heterocycles. The summed E-state index contributed by atoms with van der Waals surface area (Å²) in [5, 5.41) is 22.4. The van der Waals surface area contributed by atoms with E-state index in [0.717, 1.165) is 47.2 Å². The molecule has 0 fully saturated rings. The second-order valence-electron chi connectivity index (χ2n) is 10.2. The van der Waals surface area contributed by atoms with Crippen molar-refractivity contribution in [2.24, 2.45) is 12.5 Å². The van der Waals surface area contributed by atoms with Crippen molar-refractivity contribution in [3.63, 3.8) is 0 Å². The largest absolute Gasteiger partial charge is 0.477 e. The Hall–Kier alpha value is -3.75. The van der Waals surface area contributed by atoms with Gasteiger partial charge < -0.3 is 9.63 Å². The van der Waals surface area contributed by atoms with Gasteiger partial charge in [-0.3, -0.25) is 9.36 Å². The fourth-order valence-electron chi connectivity index (χ4n) is 5.13. The predicted molar refractivity (Wildman–Crippen MR) is 130 cm³/mol. The Morgan fingerprint density at radius 1 is 1.23 bits per heavy atom. The molecule has 0 saturated heterocycles. The van der Waals surface area contributed by atoms with Crippen LogP contribution in [0.5, 0.6) is 0 Å². The van der Waals surface area contributed by atoms with E-state index in [-0.39, 0.29) is 11.1 Å². The summed E-state index contributed by atoms with van der Waals surface area (Å²) in [5.74, 6) is 0.0152. The molecule has 0 radical (unpaired) electrons. The van der Waals surface area contributed by atoms with Gasteiger partial charge in [-0.05, 0) is 79.8 Å². The van der Waals surface area contributed by atoms with Gasteiger partial charge in [0.25, 0.3) is 5.89 Å². The molecule has 0 amide bonds. The molecule has 3 aromatic heterocycles. The van der Waals surface area contributed by atoms with Gasteiger partial charge in [-0.15, -0.1) is 0 Å². The average molecular weight is 475 g/mol. The predicted octanol–water partition coefficient (Wildman–Crippen LogP) is 4.41. The standard InChI is InChI=1S/C26H30N6O3/c1-15-12-17(13-16(2)18(15)8-11-32-20(25(33)34)7-10-27-32)23-28-24(35-30-23)22-19-6-9-26(3,4)14-21(19)31(5)29-22/h7,10,12-13H,6,8-9,11,14H2,1-5H3,(H,33,34). The van der Waals surface area contributed by atoms with Crippen LogP contribution in [0.15, 0.2) is 28.9 Å². The molecule has 0 bridgehead atoms. The molecule has 1 N–H and O–H groups in total. The van der Waals surface area contributed by atoms with Crippen LogP contribution >= 0.6 is 0 Å². The number of hydrogen-bond donors (Lipinski definition) is 1. The van der Waals surface area contributed by atoms with E-state index in [1.54, 1.807) is 0 Å². The van der Waals surface area contributed by atoms with E-state index in [1.165, 1.54) is 28.2 Å². The minimum absolute atomic E-state index is 0.191. The first-order valence-electron chi connectivity index (χ1n) is 11.9. The van der Waals surface area contributed by atoms with Crippen molar-refractivity contribution in [2.45, 2.75) is 59.9 Å². The summed E-state index contributed by atoms with van der Waals surface area (Å²) in [6.07, 6.45) is 5.23. The number of fused-ring (bicyclic) bond motifs is 1. The Balaban J connectivity index is 1.39. The van der Waals surface area contributed by atoms with E-state index in [4.69, 9.17) is 14.6 Å². The molecule has 1 aromatic carbocycles. The maximum absolute atomic E-state index is 11.4. The summed E-state index contributed by atoms with van der Waals surface area (Å²) < 4.78 is 9.15. The van der Waals surface area contributed by atoms with Crippen LogP contribution in [0.4, 0.5) is 0 Å². The SMILES string of the molecule is Cc1cc(-c2noc(-c3nn(C)c4c3CCC(C)(C)C4)n2)cc(C)c1CCn1nccc1C(=O)O. The highest BCUT2D eigenvalue weighted by molar-refractivity contribution is 5.85. The zero-order valence-corrected chi connectivity index (χ0v) is 20.8. The number of aromatic nitrogens is 6. The van der Waals surface area contributed by atoms with Crippen molar-refractivity contribution in [3.8, 4) is 23.0 Å². The van der Waals surface area contributed by atoms with Crippen LogP contribution in [0.25, 0.3) is 23.0 Å². The van der Waals surface area contributed by atoms with Crippen molar-refractivity contribution in [1.82, 2.24) is 29.7 Å². The Kier molecular flexibility index (Phi) is 5.57. The van der Waals surface area contributed by atoms with Crippen molar-refractivity contribution in [3.05, 3.63) is 58.0 Å². The highest BCUT2D eigenvalue weighted by atomic mass is 16.5. The first-order chi connectivity index (χ1) is 16.6. The van der Waals surface area contributed by atoms with Crippen LogP contribution in [0.3, 0.4) is 0 Å². The van der Waals surface area contributed by atoms with Crippen LogP contribution < -0.4 is 0 Å². The molecule has 9 heteroatoms. The Morgan fingerprint density at radius 3 is 2.69 bits per heavy atom. The van der Waals surface area contributed by atoms with Gasteiger partial charge in [-0.25, -0.2) is 4.79 Å². The van der Waals surface area contributed by atoms with Crippen LogP contribution in [-0.4, -0.2) is 40.8 Å².